The predicted molar refractivity (Wildman–Crippen MR) is 93.7 cm³/mol. The van der Waals surface area contributed by atoms with Crippen LogP contribution in [0.1, 0.15) is 65.7 Å². The van der Waals surface area contributed by atoms with Crippen molar-refractivity contribution in [2.24, 2.45) is 22.7 Å². The second-order valence-electron chi connectivity index (χ2n) is 8.25. The molecule has 4 atom stereocenters. The summed E-state index contributed by atoms with van der Waals surface area (Å²) in [5.41, 5.74) is 1.37. The quantitative estimate of drug-likeness (QED) is 0.566. The fourth-order valence-corrected chi connectivity index (χ4v) is 5.39. The van der Waals surface area contributed by atoms with Gasteiger partial charge in [0.05, 0.1) is 5.41 Å². The van der Waals surface area contributed by atoms with Crippen molar-refractivity contribution in [2.45, 2.75) is 65.7 Å². The van der Waals surface area contributed by atoms with Crippen molar-refractivity contribution in [1.82, 2.24) is 0 Å². The van der Waals surface area contributed by atoms with E-state index in [-0.39, 0.29) is 17.3 Å². The van der Waals surface area contributed by atoms with Gasteiger partial charge in [-0.25, -0.2) is 4.79 Å². The van der Waals surface area contributed by atoms with Crippen LogP contribution in [0.25, 0.3) is 0 Å². The first kappa shape index (κ1) is 18.8. The zero-order valence-corrected chi connectivity index (χ0v) is 15.1. The van der Waals surface area contributed by atoms with Gasteiger partial charge >= 0.3 is 11.9 Å². The van der Waals surface area contributed by atoms with Gasteiger partial charge in [0.2, 0.25) is 0 Å². The summed E-state index contributed by atoms with van der Waals surface area (Å²) in [5.74, 6) is -1.15. The lowest BCUT2D eigenvalue weighted by molar-refractivity contribution is -0.164. The van der Waals surface area contributed by atoms with Crippen LogP contribution in [0.15, 0.2) is 23.8 Å². The van der Waals surface area contributed by atoms with E-state index in [4.69, 9.17) is 5.11 Å². The van der Waals surface area contributed by atoms with Crippen LogP contribution in [0.5, 0.6) is 0 Å². The molecular weight excluding hydrogens is 304 g/mol. The highest BCUT2D eigenvalue weighted by Crippen LogP contribution is 2.62. The normalized spacial score (nSPS) is 37.0. The molecule has 2 aliphatic rings. The Hall–Kier alpha value is -1.58. The smallest absolute Gasteiger partial charge is 0.328 e. The number of rotatable bonds is 5. The standard InChI is InChI=1S/C20H30O4/c1-13(12-17(21)22)6-8-15-14(2)7-9-16-19(15,3)10-5-11-20(16,4)18(23)24/h12,15-16H,2,5-11H2,1,3-4H3,(H,21,22)(H,23,24)/b13-12-/t15-,16-,19-,20+/m0/s1. The van der Waals surface area contributed by atoms with Crippen LogP contribution in [0.3, 0.4) is 0 Å². The van der Waals surface area contributed by atoms with E-state index >= 15 is 0 Å². The number of allylic oxidation sites excluding steroid dienone is 2. The van der Waals surface area contributed by atoms with Crippen LogP contribution >= 0.6 is 0 Å². The van der Waals surface area contributed by atoms with Crippen LogP contribution in [0, 0.1) is 22.7 Å². The Labute approximate surface area is 144 Å². The molecule has 0 bridgehead atoms. The van der Waals surface area contributed by atoms with Crippen molar-refractivity contribution in [3.8, 4) is 0 Å². The molecule has 0 aromatic carbocycles. The molecule has 0 heterocycles. The van der Waals surface area contributed by atoms with E-state index in [1.54, 1.807) is 0 Å². The molecule has 4 heteroatoms. The highest BCUT2D eigenvalue weighted by Gasteiger charge is 2.57. The number of carbonyl (C=O) groups is 2. The van der Waals surface area contributed by atoms with Gasteiger partial charge in [-0.3, -0.25) is 4.79 Å². The third-order valence-electron chi connectivity index (χ3n) is 6.71. The topological polar surface area (TPSA) is 74.6 Å². The summed E-state index contributed by atoms with van der Waals surface area (Å²) < 4.78 is 0. The minimum Gasteiger partial charge on any atom is -0.481 e. The first-order valence-corrected chi connectivity index (χ1v) is 8.92. The third kappa shape index (κ3) is 3.28. The fourth-order valence-electron chi connectivity index (χ4n) is 5.39. The third-order valence-corrected chi connectivity index (χ3v) is 6.71. The maximum absolute atomic E-state index is 12.0. The number of carboxylic acid groups (broad SMARTS) is 2. The highest BCUT2D eigenvalue weighted by molar-refractivity contribution is 5.80. The summed E-state index contributed by atoms with van der Waals surface area (Å²) in [6, 6.07) is 0. The molecule has 2 rings (SSSR count). The first-order valence-electron chi connectivity index (χ1n) is 8.92. The lowest BCUT2D eigenvalue weighted by atomic mass is 9.46. The highest BCUT2D eigenvalue weighted by atomic mass is 16.4. The van der Waals surface area contributed by atoms with Crippen LogP contribution < -0.4 is 0 Å². The molecule has 134 valence electrons. The van der Waals surface area contributed by atoms with Gasteiger partial charge in [0.25, 0.3) is 0 Å². The zero-order valence-electron chi connectivity index (χ0n) is 15.1. The Morgan fingerprint density at radius 2 is 1.96 bits per heavy atom. The molecule has 0 amide bonds. The predicted octanol–water partition coefficient (Wildman–Crippen LogP) is 4.66. The minimum absolute atomic E-state index is 0.0514. The molecule has 2 aliphatic carbocycles. The van der Waals surface area contributed by atoms with E-state index in [2.05, 4.69) is 13.5 Å². The summed E-state index contributed by atoms with van der Waals surface area (Å²) >= 11 is 0. The van der Waals surface area contributed by atoms with Gasteiger partial charge in [-0.15, -0.1) is 0 Å². The molecule has 4 nitrogen and oxygen atoms in total. The number of hydrogen-bond donors (Lipinski definition) is 2. The monoisotopic (exact) mass is 334 g/mol. The summed E-state index contributed by atoms with van der Waals surface area (Å²) in [6.07, 6.45) is 7.36. The zero-order chi connectivity index (χ0) is 18.1. The second-order valence-corrected chi connectivity index (χ2v) is 8.25. The first-order chi connectivity index (χ1) is 11.1. The summed E-state index contributed by atoms with van der Waals surface area (Å²) in [4.78, 5) is 22.8. The lowest BCUT2D eigenvalue weighted by Crippen LogP contribution is -2.53. The molecule has 0 spiro atoms. The summed E-state index contributed by atoms with van der Waals surface area (Å²) in [6.45, 7) is 10.3. The van der Waals surface area contributed by atoms with Crippen molar-refractivity contribution >= 4 is 11.9 Å². The molecule has 0 aromatic heterocycles. The molecule has 0 unspecified atom stereocenters. The number of aliphatic carboxylic acids is 2. The van der Waals surface area contributed by atoms with Gasteiger partial charge < -0.3 is 10.2 Å². The van der Waals surface area contributed by atoms with Crippen LogP contribution in [0.4, 0.5) is 0 Å². The Morgan fingerprint density at radius 1 is 1.29 bits per heavy atom. The van der Waals surface area contributed by atoms with E-state index in [0.29, 0.717) is 0 Å². The van der Waals surface area contributed by atoms with Gasteiger partial charge in [-0.2, -0.15) is 0 Å². The van der Waals surface area contributed by atoms with Crippen molar-refractivity contribution in [3.05, 3.63) is 23.8 Å². The number of hydrogen-bond acceptors (Lipinski definition) is 2. The molecule has 2 saturated carbocycles. The van der Waals surface area contributed by atoms with Crippen molar-refractivity contribution in [1.29, 1.82) is 0 Å². The van der Waals surface area contributed by atoms with Gasteiger partial charge in [-0.1, -0.05) is 31.1 Å². The molecule has 2 N–H and O–H groups in total. The minimum atomic E-state index is -0.907. The molecule has 0 saturated heterocycles. The number of fused-ring (bicyclic) bond motifs is 1. The van der Waals surface area contributed by atoms with E-state index in [9.17, 15) is 14.7 Å². The maximum atomic E-state index is 12.0. The van der Waals surface area contributed by atoms with Gasteiger partial charge in [0, 0.05) is 6.08 Å². The Bertz CT molecular complexity index is 576. The average Bonchev–Trinajstić information content (AvgIpc) is 2.45. The second kappa shape index (κ2) is 6.73. The largest absolute Gasteiger partial charge is 0.481 e. The Balaban J connectivity index is 2.25. The Kier molecular flexibility index (Phi) is 5.26. The molecule has 0 aromatic rings. The van der Waals surface area contributed by atoms with Crippen molar-refractivity contribution < 1.29 is 19.8 Å². The number of carboxylic acids is 2. The van der Waals surface area contributed by atoms with Crippen molar-refractivity contribution in [2.75, 3.05) is 0 Å². The van der Waals surface area contributed by atoms with Crippen LogP contribution in [-0.4, -0.2) is 22.2 Å². The van der Waals surface area contributed by atoms with E-state index in [1.165, 1.54) is 11.6 Å². The molecule has 0 aliphatic heterocycles. The van der Waals surface area contributed by atoms with Gasteiger partial charge in [0.15, 0.2) is 0 Å². The molecule has 2 fully saturated rings. The van der Waals surface area contributed by atoms with Crippen molar-refractivity contribution in [3.63, 3.8) is 0 Å². The summed E-state index contributed by atoms with van der Waals surface area (Å²) in [7, 11) is 0. The maximum Gasteiger partial charge on any atom is 0.328 e. The van der Waals surface area contributed by atoms with Gasteiger partial charge in [-0.05, 0) is 69.6 Å². The van der Waals surface area contributed by atoms with E-state index < -0.39 is 17.4 Å². The van der Waals surface area contributed by atoms with Gasteiger partial charge in [0.1, 0.15) is 0 Å². The molecule has 24 heavy (non-hydrogen) atoms. The lowest BCUT2D eigenvalue weighted by Gasteiger charge is -2.57. The molecule has 0 radical (unpaired) electrons. The van der Waals surface area contributed by atoms with Crippen LogP contribution in [0.2, 0.25) is 0 Å². The average molecular weight is 334 g/mol. The fraction of sp³-hybridized carbons (Fsp3) is 0.700. The van der Waals surface area contributed by atoms with E-state index in [1.807, 2.05) is 13.8 Å². The SMILES string of the molecule is C=C1CC[C@H]2[C@@](C)(CCC[C@@]2(C)C(=O)O)[C@H]1CC/C(C)=C\C(=O)O. The van der Waals surface area contributed by atoms with E-state index in [0.717, 1.165) is 50.5 Å². The Morgan fingerprint density at radius 3 is 2.54 bits per heavy atom. The molecular formula is C20H30O4. The summed E-state index contributed by atoms with van der Waals surface area (Å²) in [5, 5.41) is 18.7. The van der Waals surface area contributed by atoms with Crippen LogP contribution in [-0.2, 0) is 9.59 Å².